The highest BCUT2D eigenvalue weighted by atomic mass is 16.3. The Balaban J connectivity index is 1.97. The molecule has 1 nitrogen and oxygen atoms in total. The van der Waals surface area contributed by atoms with E-state index in [1.807, 2.05) is 0 Å². The summed E-state index contributed by atoms with van der Waals surface area (Å²) in [6.07, 6.45) is 11.3. The normalized spacial score (nSPS) is 38.1. The van der Waals surface area contributed by atoms with Gasteiger partial charge in [0.1, 0.15) is 0 Å². The molecule has 2 aliphatic carbocycles. The van der Waals surface area contributed by atoms with E-state index < -0.39 is 0 Å². The first-order valence-corrected chi connectivity index (χ1v) is 6.43. The quantitative estimate of drug-likeness (QED) is 0.680. The number of hydrogen-bond acceptors (Lipinski definition) is 1. The Bertz CT molecular complexity index is 182. The molecule has 0 aromatic rings. The maximum absolute atomic E-state index is 10.6. The summed E-state index contributed by atoms with van der Waals surface area (Å²) < 4.78 is 0. The molecule has 2 unspecified atom stereocenters. The monoisotopic (exact) mass is 196 g/mol. The SMILES string of the molecule is CC1CCCC(C2(O)CCCCC2)C1. The highest BCUT2D eigenvalue weighted by Crippen LogP contribution is 2.42. The van der Waals surface area contributed by atoms with E-state index >= 15 is 0 Å². The van der Waals surface area contributed by atoms with Crippen LogP contribution < -0.4 is 0 Å². The summed E-state index contributed by atoms with van der Waals surface area (Å²) in [7, 11) is 0. The summed E-state index contributed by atoms with van der Waals surface area (Å²) in [5, 5.41) is 10.6. The van der Waals surface area contributed by atoms with E-state index in [9.17, 15) is 5.11 Å². The number of aliphatic hydroxyl groups is 1. The van der Waals surface area contributed by atoms with Crippen LogP contribution in [0.4, 0.5) is 0 Å². The minimum atomic E-state index is -0.271. The molecular weight excluding hydrogens is 172 g/mol. The molecule has 1 heteroatoms. The Kier molecular flexibility index (Phi) is 3.16. The molecule has 2 fully saturated rings. The molecule has 0 heterocycles. The van der Waals surface area contributed by atoms with Gasteiger partial charge in [0.25, 0.3) is 0 Å². The van der Waals surface area contributed by atoms with Gasteiger partial charge in [-0.25, -0.2) is 0 Å². The average Bonchev–Trinajstić information content (AvgIpc) is 2.19. The van der Waals surface area contributed by atoms with E-state index in [-0.39, 0.29) is 5.60 Å². The first-order chi connectivity index (χ1) is 6.71. The Labute approximate surface area is 87.9 Å². The number of rotatable bonds is 1. The van der Waals surface area contributed by atoms with Crippen LogP contribution in [-0.2, 0) is 0 Å². The Hall–Kier alpha value is -0.0400. The van der Waals surface area contributed by atoms with Gasteiger partial charge in [0.15, 0.2) is 0 Å². The topological polar surface area (TPSA) is 20.2 Å². The van der Waals surface area contributed by atoms with Crippen molar-refractivity contribution in [2.24, 2.45) is 11.8 Å². The second-order valence-corrected chi connectivity index (χ2v) is 5.63. The molecule has 2 atom stereocenters. The first-order valence-electron chi connectivity index (χ1n) is 6.43. The van der Waals surface area contributed by atoms with Crippen LogP contribution in [0.1, 0.15) is 64.7 Å². The molecule has 0 aromatic carbocycles. The predicted octanol–water partition coefficient (Wildman–Crippen LogP) is 3.51. The van der Waals surface area contributed by atoms with Gasteiger partial charge in [0.05, 0.1) is 5.60 Å². The summed E-state index contributed by atoms with van der Waals surface area (Å²) in [5.74, 6) is 1.46. The van der Waals surface area contributed by atoms with Crippen molar-refractivity contribution in [2.45, 2.75) is 70.3 Å². The molecule has 0 saturated heterocycles. The van der Waals surface area contributed by atoms with E-state index in [1.54, 1.807) is 0 Å². The fraction of sp³-hybridized carbons (Fsp3) is 1.00. The third-order valence-electron chi connectivity index (χ3n) is 4.42. The van der Waals surface area contributed by atoms with Gasteiger partial charge < -0.3 is 5.11 Å². The highest BCUT2D eigenvalue weighted by Gasteiger charge is 2.39. The minimum Gasteiger partial charge on any atom is -0.390 e. The second kappa shape index (κ2) is 4.22. The molecular formula is C13H24O. The van der Waals surface area contributed by atoms with Crippen LogP contribution in [0.3, 0.4) is 0 Å². The predicted molar refractivity (Wildman–Crippen MR) is 59.2 cm³/mol. The summed E-state index contributed by atoms with van der Waals surface area (Å²) in [6, 6.07) is 0. The van der Waals surface area contributed by atoms with Crippen LogP contribution in [0, 0.1) is 11.8 Å². The minimum absolute atomic E-state index is 0.271. The largest absolute Gasteiger partial charge is 0.390 e. The lowest BCUT2D eigenvalue weighted by molar-refractivity contribution is -0.0669. The maximum Gasteiger partial charge on any atom is 0.0675 e. The smallest absolute Gasteiger partial charge is 0.0675 e. The average molecular weight is 196 g/mol. The van der Waals surface area contributed by atoms with Gasteiger partial charge in [-0.05, 0) is 37.5 Å². The Morgan fingerprint density at radius 3 is 2.36 bits per heavy atom. The van der Waals surface area contributed by atoms with Crippen LogP contribution in [0.5, 0.6) is 0 Å². The molecule has 1 N–H and O–H groups in total. The zero-order valence-corrected chi connectivity index (χ0v) is 9.47. The first kappa shape index (κ1) is 10.5. The lowest BCUT2D eigenvalue weighted by Gasteiger charge is -2.42. The van der Waals surface area contributed by atoms with Crippen molar-refractivity contribution in [3.63, 3.8) is 0 Å². The van der Waals surface area contributed by atoms with Crippen LogP contribution >= 0.6 is 0 Å². The van der Waals surface area contributed by atoms with Gasteiger partial charge in [-0.1, -0.05) is 39.0 Å². The fourth-order valence-corrected chi connectivity index (χ4v) is 3.49. The van der Waals surface area contributed by atoms with Crippen LogP contribution in [0.25, 0.3) is 0 Å². The van der Waals surface area contributed by atoms with Crippen LogP contribution in [0.2, 0.25) is 0 Å². The molecule has 2 saturated carbocycles. The van der Waals surface area contributed by atoms with Crippen LogP contribution in [-0.4, -0.2) is 10.7 Å². The van der Waals surface area contributed by atoms with E-state index in [0.717, 1.165) is 18.8 Å². The van der Waals surface area contributed by atoms with E-state index in [4.69, 9.17) is 0 Å². The molecule has 0 bridgehead atoms. The van der Waals surface area contributed by atoms with Gasteiger partial charge in [0, 0.05) is 0 Å². The standard InChI is InChI=1S/C13H24O/c1-11-6-5-7-12(10-11)13(14)8-3-2-4-9-13/h11-12,14H,2-10H2,1H3. The molecule has 0 aromatic heterocycles. The van der Waals surface area contributed by atoms with Crippen molar-refractivity contribution in [1.29, 1.82) is 0 Å². The number of hydrogen-bond donors (Lipinski definition) is 1. The van der Waals surface area contributed by atoms with Crippen molar-refractivity contribution in [3.8, 4) is 0 Å². The summed E-state index contributed by atoms with van der Waals surface area (Å²) in [5.41, 5.74) is -0.271. The van der Waals surface area contributed by atoms with Gasteiger partial charge in [-0.2, -0.15) is 0 Å². The molecule has 0 spiro atoms. The molecule has 0 radical (unpaired) electrons. The summed E-state index contributed by atoms with van der Waals surface area (Å²) in [6.45, 7) is 2.35. The van der Waals surface area contributed by atoms with Gasteiger partial charge in [0.2, 0.25) is 0 Å². The lowest BCUT2D eigenvalue weighted by atomic mass is 9.68. The van der Waals surface area contributed by atoms with E-state index in [0.29, 0.717) is 5.92 Å². The molecule has 14 heavy (non-hydrogen) atoms. The third-order valence-corrected chi connectivity index (χ3v) is 4.42. The highest BCUT2D eigenvalue weighted by molar-refractivity contribution is 4.91. The molecule has 82 valence electrons. The van der Waals surface area contributed by atoms with Crippen molar-refractivity contribution < 1.29 is 5.11 Å². The van der Waals surface area contributed by atoms with Crippen molar-refractivity contribution in [1.82, 2.24) is 0 Å². The van der Waals surface area contributed by atoms with Gasteiger partial charge in [-0.3, -0.25) is 0 Å². The molecule has 0 aliphatic heterocycles. The maximum atomic E-state index is 10.6. The zero-order chi connectivity index (χ0) is 10.0. The van der Waals surface area contributed by atoms with Crippen molar-refractivity contribution >= 4 is 0 Å². The van der Waals surface area contributed by atoms with Crippen molar-refractivity contribution in [3.05, 3.63) is 0 Å². The fourth-order valence-electron chi connectivity index (χ4n) is 3.49. The van der Waals surface area contributed by atoms with Crippen molar-refractivity contribution in [2.75, 3.05) is 0 Å². The second-order valence-electron chi connectivity index (χ2n) is 5.63. The Morgan fingerprint density at radius 1 is 1.00 bits per heavy atom. The summed E-state index contributed by atoms with van der Waals surface area (Å²) in [4.78, 5) is 0. The summed E-state index contributed by atoms with van der Waals surface area (Å²) >= 11 is 0. The zero-order valence-electron chi connectivity index (χ0n) is 9.47. The molecule has 2 rings (SSSR count). The molecule has 2 aliphatic rings. The van der Waals surface area contributed by atoms with Gasteiger partial charge >= 0.3 is 0 Å². The third kappa shape index (κ3) is 2.13. The van der Waals surface area contributed by atoms with E-state index in [2.05, 4.69) is 6.92 Å². The Morgan fingerprint density at radius 2 is 1.71 bits per heavy atom. The lowest BCUT2D eigenvalue weighted by Crippen LogP contribution is -2.41. The van der Waals surface area contributed by atoms with Crippen LogP contribution in [0.15, 0.2) is 0 Å². The van der Waals surface area contributed by atoms with Gasteiger partial charge in [-0.15, -0.1) is 0 Å². The van der Waals surface area contributed by atoms with E-state index in [1.165, 1.54) is 44.9 Å². The molecule has 0 amide bonds.